The molecule has 9 aliphatic rings. The van der Waals surface area contributed by atoms with Crippen LogP contribution < -0.4 is 0 Å². The largest absolute Gasteiger partial charge is 2.00 e. The summed E-state index contributed by atoms with van der Waals surface area (Å²) < 4.78 is 0. The van der Waals surface area contributed by atoms with Crippen LogP contribution >= 0.6 is 0 Å². The number of rotatable bonds is 4. The van der Waals surface area contributed by atoms with Crippen LogP contribution in [0.4, 0.5) is 0 Å². The first kappa shape index (κ1) is 49.7. The summed E-state index contributed by atoms with van der Waals surface area (Å²) in [5.41, 5.74) is 3.67. The number of Topliss-reactive ketones (excluding diaryl/α,β-unsaturated/α-hetero) is 1. The molecule has 0 aromatic rings. The maximum Gasteiger partial charge on any atom is 2.00 e. The van der Waals surface area contributed by atoms with Gasteiger partial charge >= 0.3 is 77.9 Å². The smallest absolute Gasteiger partial charge is 0.289 e. The zero-order valence-corrected chi connectivity index (χ0v) is 34.1. The van der Waals surface area contributed by atoms with Gasteiger partial charge < -0.3 is 0 Å². The number of hydrogen-bond acceptors (Lipinski definition) is 1. The number of carbonyl (C=O) groups excluding carboxylic acids is 1. The standard InChI is InChI=1S/C25H16O.4C5H5.4Ru/c26-25-23(19-13-5-6-14-19)21(17-9-1-2-10-17)22(18-11-3-4-12-18)24(25)20-15-7-8-16-20;4*1-2-4-5-3-1;;;;/h1-16H;4*1-5H;;;;/q;;;;;4*+2. The van der Waals surface area contributed by atoms with Crippen molar-refractivity contribution in [3.63, 3.8) is 0 Å². The Morgan fingerprint density at radius 3 is 0.500 bits per heavy atom. The first-order valence-corrected chi connectivity index (χ1v) is 15.4. The average Bonchev–Trinajstić information content (AvgIpc) is 3.96. The second-order valence-electron chi connectivity index (χ2n) is 10.4. The fourth-order valence-corrected chi connectivity index (χ4v) is 5.18. The molecule has 0 saturated heterocycles. The summed E-state index contributed by atoms with van der Waals surface area (Å²) in [5, 5.41) is 0. The van der Waals surface area contributed by atoms with Gasteiger partial charge in [-0.25, -0.2) is 0 Å². The quantitative estimate of drug-likeness (QED) is 0.263. The molecule has 9 rings (SSSR count). The van der Waals surface area contributed by atoms with E-state index in [1.807, 2.05) is 205 Å². The van der Waals surface area contributed by atoms with Crippen molar-refractivity contribution in [2.75, 3.05) is 0 Å². The summed E-state index contributed by atoms with van der Waals surface area (Å²) in [7, 11) is 0. The molecule has 1 nitrogen and oxygen atoms in total. The normalized spacial score (nSPS) is 25.2. The first-order chi connectivity index (χ1) is 22.8. The maximum absolute atomic E-state index is 13.6. The van der Waals surface area contributed by atoms with Gasteiger partial charge in [-0.2, -0.15) is 0 Å². The third-order valence-electron chi connectivity index (χ3n) is 7.23. The van der Waals surface area contributed by atoms with Gasteiger partial charge in [0.1, 0.15) is 0 Å². The van der Waals surface area contributed by atoms with E-state index in [0.29, 0.717) is 0 Å². The Hall–Kier alpha value is 1.64. The van der Waals surface area contributed by atoms with Gasteiger partial charge in [0.15, 0.2) is 5.78 Å². The molecule has 0 aromatic heterocycles. The molecule has 0 amide bonds. The first-order valence-electron chi connectivity index (χ1n) is 15.4. The van der Waals surface area contributed by atoms with E-state index in [2.05, 4.69) is 25.7 Å². The minimum absolute atomic E-state index is 0. The van der Waals surface area contributed by atoms with Crippen LogP contribution in [0.2, 0.25) is 0 Å². The molecule has 40 radical (unpaired) electrons. The molecule has 9 aliphatic carbocycles. The van der Waals surface area contributed by atoms with E-state index in [1.54, 1.807) is 0 Å². The Morgan fingerprint density at radius 2 is 0.340 bits per heavy atom. The van der Waals surface area contributed by atoms with Crippen LogP contribution in [0.25, 0.3) is 0 Å². The Bertz CT molecular complexity index is 792. The molecule has 0 aliphatic heterocycles. The molecule has 8 fully saturated rings. The van der Waals surface area contributed by atoms with Crippen molar-refractivity contribution in [2.45, 2.75) is 0 Å². The van der Waals surface area contributed by atoms with Crippen molar-refractivity contribution < 1.29 is 82.7 Å². The van der Waals surface area contributed by atoms with E-state index >= 15 is 0 Å². The predicted octanol–water partition coefficient (Wildman–Crippen LogP) is 7.86. The Labute approximate surface area is 362 Å². The molecule has 5 heteroatoms. The zero-order valence-electron chi connectivity index (χ0n) is 27.1. The van der Waals surface area contributed by atoms with Crippen molar-refractivity contribution in [3.05, 3.63) is 277 Å². The average molecular weight is 997 g/mol. The van der Waals surface area contributed by atoms with Gasteiger partial charge in [-0.05, 0) is 242 Å². The van der Waals surface area contributed by atoms with Gasteiger partial charge in [0.05, 0.1) is 0 Å². The molecule has 0 spiro atoms. The molecule has 0 atom stereocenters. The summed E-state index contributed by atoms with van der Waals surface area (Å²) in [6.07, 6.45) is 72.5. The topological polar surface area (TPSA) is 17.1 Å². The molecule has 246 valence electrons. The van der Waals surface area contributed by atoms with Gasteiger partial charge in [0, 0.05) is 34.8 Å². The molecule has 0 N–H and O–H groups in total. The van der Waals surface area contributed by atoms with Crippen LogP contribution in [0.3, 0.4) is 0 Å². The van der Waals surface area contributed by atoms with Gasteiger partial charge in [-0.3, -0.25) is 4.79 Å². The fraction of sp³-hybridized carbons (Fsp3) is 0. The summed E-state index contributed by atoms with van der Waals surface area (Å²) in [4.78, 5) is 13.6. The van der Waals surface area contributed by atoms with Crippen LogP contribution in [0.1, 0.15) is 0 Å². The molecule has 8 saturated carbocycles. The Kier molecular flexibility index (Phi) is 29.7. The molecule has 0 heterocycles. The molecule has 0 bridgehead atoms. The SMILES string of the molecule is O=C1C([C]2[CH][CH][CH][CH]2)=C([C]2[CH][CH][CH][CH]2)C([C]2[CH][CH][CH][CH]2)=C1[C]1[CH][CH][CH][CH]1.[CH]1[CH][CH][CH][CH]1.[CH]1[CH][CH][CH][CH]1.[CH]1[CH][CH][CH][CH]1.[CH]1[CH][CH][CH][CH]1.[Ru+2].[Ru+2].[Ru+2].[Ru+2]. The summed E-state index contributed by atoms with van der Waals surface area (Å²) in [6.45, 7) is 0. The second-order valence-corrected chi connectivity index (χ2v) is 10.4. The van der Waals surface area contributed by atoms with Crippen molar-refractivity contribution in [1.82, 2.24) is 0 Å². The summed E-state index contributed by atoms with van der Waals surface area (Å²) >= 11 is 0. The molecule has 50 heavy (non-hydrogen) atoms. The number of ketones is 1. The van der Waals surface area contributed by atoms with Crippen LogP contribution in [-0.2, 0) is 82.7 Å². The number of hydrogen-bond donors (Lipinski definition) is 0. The van der Waals surface area contributed by atoms with Crippen molar-refractivity contribution in [3.8, 4) is 0 Å². The molecule has 0 unspecified atom stereocenters. The second kappa shape index (κ2) is 29.9. The fourth-order valence-electron chi connectivity index (χ4n) is 5.18. The minimum Gasteiger partial charge on any atom is -0.289 e. The van der Waals surface area contributed by atoms with Gasteiger partial charge in [-0.15, -0.1) is 0 Å². The monoisotopic (exact) mass is 1000 g/mol. The number of allylic oxidation sites excluding steroid dienone is 4. The summed E-state index contributed by atoms with van der Waals surface area (Å²) in [5.74, 6) is 4.25. The van der Waals surface area contributed by atoms with E-state index in [-0.39, 0.29) is 83.7 Å². The maximum atomic E-state index is 13.6. The van der Waals surface area contributed by atoms with E-state index in [0.717, 1.165) is 46.0 Å². The van der Waals surface area contributed by atoms with Crippen LogP contribution in [0.5, 0.6) is 0 Å². The third-order valence-corrected chi connectivity index (χ3v) is 7.23. The van der Waals surface area contributed by atoms with E-state index in [1.165, 1.54) is 0 Å². The van der Waals surface area contributed by atoms with Crippen molar-refractivity contribution >= 4 is 5.78 Å². The minimum atomic E-state index is 0. The van der Waals surface area contributed by atoms with Crippen LogP contribution in [0, 0.1) is 255 Å². The van der Waals surface area contributed by atoms with Gasteiger partial charge in [0.25, 0.3) is 0 Å². The van der Waals surface area contributed by atoms with Crippen LogP contribution in [0.15, 0.2) is 22.3 Å². The number of carbonyl (C=O) groups is 1. The van der Waals surface area contributed by atoms with E-state index < -0.39 is 0 Å². The van der Waals surface area contributed by atoms with Gasteiger partial charge in [0.2, 0.25) is 0 Å². The third kappa shape index (κ3) is 16.0. The summed E-state index contributed by atoms with van der Waals surface area (Å²) in [6, 6.07) is 0. The Balaban J connectivity index is 0.000000424. The van der Waals surface area contributed by atoms with Crippen molar-refractivity contribution in [2.24, 2.45) is 0 Å². The van der Waals surface area contributed by atoms with E-state index in [9.17, 15) is 4.79 Å². The predicted molar refractivity (Wildman–Crippen MR) is 187 cm³/mol. The molecule has 0 aromatic carbocycles. The Morgan fingerprint density at radius 1 is 0.200 bits per heavy atom. The van der Waals surface area contributed by atoms with E-state index in [4.69, 9.17) is 0 Å². The zero-order chi connectivity index (χ0) is 31.7. The molecular weight excluding hydrogens is 961 g/mol. The van der Waals surface area contributed by atoms with Crippen molar-refractivity contribution in [1.29, 1.82) is 0 Å². The van der Waals surface area contributed by atoms with Gasteiger partial charge in [-0.1, -0.05) is 0 Å². The van der Waals surface area contributed by atoms with Crippen LogP contribution in [-0.4, -0.2) is 5.78 Å². The molecular formula is C45H36ORu4+8.